The van der Waals surface area contributed by atoms with Crippen LogP contribution >= 0.6 is 11.6 Å². The van der Waals surface area contributed by atoms with Gasteiger partial charge in [-0.25, -0.2) is 9.97 Å². The number of hydrogen-bond acceptors (Lipinski definition) is 7. The topological polar surface area (TPSA) is 65.9 Å². The maximum atomic E-state index is 6.19. The van der Waals surface area contributed by atoms with Gasteiger partial charge >= 0.3 is 0 Å². The van der Waals surface area contributed by atoms with Gasteiger partial charge in [-0.15, -0.1) is 0 Å². The first kappa shape index (κ1) is 19.1. The molecule has 2 heterocycles. The van der Waals surface area contributed by atoms with Crippen LogP contribution in [0.4, 0.5) is 0 Å². The van der Waals surface area contributed by atoms with Gasteiger partial charge in [-0.1, -0.05) is 11.6 Å². The minimum Gasteiger partial charge on any atom is -0.490 e. The minimum absolute atomic E-state index is 0.400. The minimum atomic E-state index is 0.400. The van der Waals surface area contributed by atoms with Crippen molar-refractivity contribution in [3.05, 3.63) is 23.6 Å². The van der Waals surface area contributed by atoms with E-state index in [0.717, 1.165) is 50.2 Å². The first-order chi connectivity index (χ1) is 12.8. The number of ether oxygens (including phenoxy) is 4. The second-order valence-corrected chi connectivity index (χ2v) is 6.34. The van der Waals surface area contributed by atoms with Crippen molar-refractivity contribution in [2.75, 3.05) is 59.8 Å². The smallest absolute Gasteiger partial charge is 0.163 e. The van der Waals surface area contributed by atoms with Gasteiger partial charge in [0.1, 0.15) is 18.1 Å². The molecule has 0 N–H and O–H groups in total. The second-order valence-electron chi connectivity index (χ2n) is 5.98. The lowest BCUT2D eigenvalue weighted by molar-refractivity contribution is 0.0357. The summed E-state index contributed by atoms with van der Waals surface area (Å²) < 4.78 is 22.2. The van der Waals surface area contributed by atoms with Crippen LogP contribution in [0.1, 0.15) is 6.42 Å². The van der Waals surface area contributed by atoms with Gasteiger partial charge in [0.2, 0.25) is 0 Å². The van der Waals surface area contributed by atoms with Crippen LogP contribution in [0, 0.1) is 0 Å². The number of nitrogens with zero attached hydrogens (tertiary/aromatic N) is 3. The van der Waals surface area contributed by atoms with Crippen molar-refractivity contribution in [2.24, 2.45) is 0 Å². The van der Waals surface area contributed by atoms with Crippen LogP contribution in [0.5, 0.6) is 11.5 Å². The highest BCUT2D eigenvalue weighted by Gasteiger charge is 2.13. The summed E-state index contributed by atoms with van der Waals surface area (Å²) in [4.78, 5) is 10.7. The number of aromatic nitrogens is 2. The molecule has 1 fully saturated rings. The fourth-order valence-electron chi connectivity index (χ4n) is 2.79. The zero-order chi connectivity index (χ0) is 18.2. The van der Waals surface area contributed by atoms with Gasteiger partial charge in [-0.2, -0.15) is 0 Å². The van der Waals surface area contributed by atoms with Gasteiger partial charge in [-0.3, -0.25) is 4.90 Å². The molecule has 8 heteroatoms. The third kappa shape index (κ3) is 5.17. The van der Waals surface area contributed by atoms with Crippen molar-refractivity contribution >= 4 is 22.5 Å². The molecule has 0 unspecified atom stereocenters. The third-order valence-electron chi connectivity index (χ3n) is 4.18. The van der Waals surface area contributed by atoms with Gasteiger partial charge in [0.15, 0.2) is 11.5 Å². The van der Waals surface area contributed by atoms with Crippen molar-refractivity contribution in [2.45, 2.75) is 6.42 Å². The van der Waals surface area contributed by atoms with E-state index in [1.54, 1.807) is 7.11 Å². The van der Waals surface area contributed by atoms with E-state index in [2.05, 4.69) is 14.9 Å². The molecule has 0 bridgehead atoms. The van der Waals surface area contributed by atoms with E-state index in [-0.39, 0.29) is 0 Å². The molecule has 0 atom stereocenters. The Morgan fingerprint density at radius 3 is 2.65 bits per heavy atom. The van der Waals surface area contributed by atoms with Crippen LogP contribution in [0.15, 0.2) is 18.5 Å². The van der Waals surface area contributed by atoms with E-state index in [9.17, 15) is 0 Å². The van der Waals surface area contributed by atoms with Crippen molar-refractivity contribution in [3.63, 3.8) is 0 Å². The quantitative estimate of drug-likeness (QED) is 0.488. The Labute approximate surface area is 158 Å². The van der Waals surface area contributed by atoms with Gasteiger partial charge in [-0.05, 0) is 12.5 Å². The fourth-order valence-corrected chi connectivity index (χ4v) is 2.98. The summed E-state index contributed by atoms with van der Waals surface area (Å²) in [5.41, 5.74) is 0.720. The number of methoxy groups -OCH3 is 1. The fraction of sp³-hybridized carbons (Fsp3) is 0.556. The van der Waals surface area contributed by atoms with Crippen LogP contribution in [-0.4, -0.2) is 74.6 Å². The van der Waals surface area contributed by atoms with E-state index in [1.807, 2.05) is 12.1 Å². The van der Waals surface area contributed by atoms with Crippen molar-refractivity contribution in [1.29, 1.82) is 0 Å². The lowest BCUT2D eigenvalue weighted by Crippen LogP contribution is -2.37. The van der Waals surface area contributed by atoms with E-state index >= 15 is 0 Å². The van der Waals surface area contributed by atoms with E-state index in [1.165, 1.54) is 6.33 Å². The Kier molecular flexibility index (Phi) is 7.25. The molecule has 7 nitrogen and oxygen atoms in total. The summed E-state index contributed by atoms with van der Waals surface area (Å²) >= 11 is 6.19. The van der Waals surface area contributed by atoms with Crippen molar-refractivity contribution in [1.82, 2.24) is 14.9 Å². The maximum absolute atomic E-state index is 6.19. The first-order valence-corrected chi connectivity index (χ1v) is 9.14. The lowest BCUT2D eigenvalue weighted by Gasteiger charge is -2.26. The molecule has 2 aromatic rings. The highest BCUT2D eigenvalue weighted by molar-refractivity contribution is 6.34. The SMILES string of the molecule is COCCOc1cc2ncnc(Cl)c2cc1OCCCN1CCOCC1. The molecule has 3 rings (SSSR count). The number of hydrogen-bond donors (Lipinski definition) is 0. The highest BCUT2D eigenvalue weighted by Crippen LogP contribution is 2.34. The predicted octanol–water partition coefficient (Wildman–Crippen LogP) is 2.41. The Balaban J connectivity index is 1.65. The molecule has 1 aliphatic heterocycles. The summed E-state index contributed by atoms with van der Waals surface area (Å²) in [5.74, 6) is 1.28. The van der Waals surface area contributed by atoms with Gasteiger partial charge in [0.25, 0.3) is 0 Å². The second kappa shape index (κ2) is 9.87. The zero-order valence-corrected chi connectivity index (χ0v) is 15.7. The highest BCUT2D eigenvalue weighted by atomic mass is 35.5. The number of rotatable bonds is 9. The maximum Gasteiger partial charge on any atom is 0.163 e. The summed E-state index contributed by atoms with van der Waals surface area (Å²) in [5, 5.41) is 1.15. The van der Waals surface area contributed by atoms with Crippen LogP contribution in [-0.2, 0) is 9.47 Å². The summed E-state index contributed by atoms with van der Waals surface area (Å²) in [6.07, 6.45) is 2.36. The van der Waals surface area contributed by atoms with Gasteiger partial charge in [0.05, 0.1) is 31.9 Å². The Morgan fingerprint density at radius 1 is 1.08 bits per heavy atom. The van der Waals surface area contributed by atoms with Crippen LogP contribution in [0.25, 0.3) is 10.9 Å². The zero-order valence-electron chi connectivity index (χ0n) is 14.9. The lowest BCUT2D eigenvalue weighted by atomic mass is 10.2. The van der Waals surface area contributed by atoms with Crippen LogP contribution in [0.2, 0.25) is 5.15 Å². The molecule has 142 valence electrons. The average molecular weight is 382 g/mol. The van der Waals surface area contributed by atoms with E-state index in [0.29, 0.717) is 36.5 Å². The predicted molar refractivity (Wildman–Crippen MR) is 99.3 cm³/mol. The molecular formula is C18H24ClN3O4. The average Bonchev–Trinajstić information content (AvgIpc) is 2.67. The molecule has 26 heavy (non-hydrogen) atoms. The summed E-state index contributed by atoms with van der Waals surface area (Å²) in [6.45, 7) is 6.09. The number of fused-ring (bicyclic) bond motifs is 1. The number of halogens is 1. The van der Waals surface area contributed by atoms with E-state index in [4.69, 9.17) is 30.5 Å². The van der Waals surface area contributed by atoms with Gasteiger partial charge < -0.3 is 18.9 Å². The molecule has 0 saturated carbocycles. The molecule has 1 aromatic carbocycles. The third-order valence-corrected chi connectivity index (χ3v) is 4.48. The van der Waals surface area contributed by atoms with Crippen LogP contribution < -0.4 is 9.47 Å². The first-order valence-electron chi connectivity index (χ1n) is 8.77. The standard InChI is InChI=1S/C18H24ClN3O4/c1-23-9-10-26-17-12-15-14(18(19)21-13-20-15)11-16(17)25-6-2-3-22-4-7-24-8-5-22/h11-13H,2-10H2,1H3. The Bertz CT molecular complexity index is 710. The van der Waals surface area contributed by atoms with E-state index < -0.39 is 0 Å². The molecule has 0 radical (unpaired) electrons. The molecular weight excluding hydrogens is 358 g/mol. The molecule has 1 saturated heterocycles. The molecule has 0 spiro atoms. The van der Waals surface area contributed by atoms with Gasteiger partial charge in [0, 0.05) is 38.2 Å². The molecule has 0 aliphatic carbocycles. The molecule has 1 aromatic heterocycles. The Hall–Kier alpha value is -1.67. The monoisotopic (exact) mass is 381 g/mol. The largest absolute Gasteiger partial charge is 0.490 e. The van der Waals surface area contributed by atoms with Crippen LogP contribution in [0.3, 0.4) is 0 Å². The molecule has 1 aliphatic rings. The number of benzene rings is 1. The Morgan fingerprint density at radius 2 is 1.85 bits per heavy atom. The molecule has 0 amide bonds. The normalized spacial score (nSPS) is 15.3. The number of morpholine rings is 1. The van der Waals surface area contributed by atoms with Crippen molar-refractivity contribution in [3.8, 4) is 11.5 Å². The van der Waals surface area contributed by atoms with Crippen molar-refractivity contribution < 1.29 is 18.9 Å². The summed E-state index contributed by atoms with van der Waals surface area (Å²) in [7, 11) is 1.64. The summed E-state index contributed by atoms with van der Waals surface area (Å²) in [6, 6.07) is 3.67.